The lowest BCUT2D eigenvalue weighted by Gasteiger charge is -2.07. The number of methoxy groups -OCH3 is 1. The molecule has 1 aliphatic rings. The van der Waals surface area contributed by atoms with Crippen LogP contribution in [0.3, 0.4) is 0 Å². The maximum Gasteiger partial charge on any atom is 0.212 e. The van der Waals surface area contributed by atoms with Crippen LogP contribution in [-0.4, -0.2) is 17.9 Å². The molecule has 0 aliphatic heterocycles. The largest absolute Gasteiger partial charge is 0.481 e. The second-order valence-electron chi connectivity index (χ2n) is 3.55. The van der Waals surface area contributed by atoms with Gasteiger partial charge in [-0.15, -0.1) is 0 Å². The summed E-state index contributed by atoms with van der Waals surface area (Å²) in [6.07, 6.45) is 4.44. The molecule has 1 saturated carbocycles. The molecule has 0 spiro atoms. The van der Waals surface area contributed by atoms with Crippen LogP contribution in [0.5, 0.6) is 5.88 Å². The predicted molar refractivity (Wildman–Crippen MR) is 52.4 cm³/mol. The SMILES string of the molecule is COc1ccc(C2CCCC2=O)cn1. The Morgan fingerprint density at radius 1 is 1.50 bits per heavy atom. The van der Waals surface area contributed by atoms with Crippen LogP contribution in [0.15, 0.2) is 18.3 Å². The zero-order valence-electron chi connectivity index (χ0n) is 8.19. The molecule has 1 atom stereocenters. The number of ether oxygens (including phenoxy) is 1. The van der Waals surface area contributed by atoms with Crippen LogP contribution < -0.4 is 4.74 Å². The van der Waals surface area contributed by atoms with Gasteiger partial charge >= 0.3 is 0 Å². The lowest BCUT2D eigenvalue weighted by molar-refractivity contribution is -0.118. The minimum absolute atomic E-state index is 0.0772. The molecule has 0 aromatic carbocycles. The Kier molecular flexibility index (Phi) is 2.48. The van der Waals surface area contributed by atoms with Gasteiger partial charge < -0.3 is 4.74 Å². The molecule has 0 amide bonds. The zero-order chi connectivity index (χ0) is 9.97. The number of carbonyl (C=O) groups is 1. The third-order valence-corrected chi connectivity index (χ3v) is 2.68. The molecule has 0 radical (unpaired) electrons. The molecule has 0 bridgehead atoms. The second-order valence-corrected chi connectivity index (χ2v) is 3.55. The number of carbonyl (C=O) groups excluding carboxylic acids is 1. The number of ketones is 1. The van der Waals surface area contributed by atoms with Gasteiger partial charge in [-0.2, -0.15) is 0 Å². The highest BCUT2D eigenvalue weighted by Crippen LogP contribution is 2.30. The van der Waals surface area contributed by atoms with Gasteiger partial charge in [0.2, 0.25) is 5.88 Å². The molecule has 1 aliphatic carbocycles. The second kappa shape index (κ2) is 3.78. The first kappa shape index (κ1) is 9.19. The van der Waals surface area contributed by atoms with Crippen molar-refractivity contribution < 1.29 is 9.53 Å². The fraction of sp³-hybridized carbons (Fsp3) is 0.455. The van der Waals surface area contributed by atoms with E-state index < -0.39 is 0 Å². The molecular weight excluding hydrogens is 178 g/mol. The maximum absolute atomic E-state index is 11.5. The molecule has 1 unspecified atom stereocenters. The van der Waals surface area contributed by atoms with Crippen LogP contribution in [0.2, 0.25) is 0 Å². The number of nitrogens with zero attached hydrogens (tertiary/aromatic N) is 1. The highest BCUT2D eigenvalue weighted by molar-refractivity contribution is 5.87. The molecule has 3 heteroatoms. The Morgan fingerprint density at radius 2 is 2.36 bits per heavy atom. The van der Waals surface area contributed by atoms with Gasteiger partial charge in [0.15, 0.2) is 0 Å². The Balaban J connectivity index is 2.20. The average Bonchev–Trinajstić information content (AvgIpc) is 2.65. The summed E-state index contributed by atoms with van der Waals surface area (Å²) in [6, 6.07) is 3.74. The highest BCUT2D eigenvalue weighted by Gasteiger charge is 2.25. The van der Waals surface area contributed by atoms with Gasteiger partial charge in [-0.1, -0.05) is 6.07 Å². The molecule has 14 heavy (non-hydrogen) atoms. The van der Waals surface area contributed by atoms with Crippen molar-refractivity contribution in [3.8, 4) is 5.88 Å². The fourth-order valence-corrected chi connectivity index (χ4v) is 1.89. The minimum Gasteiger partial charge on any atom is -0.481 e. The smallest absolute Gasteiger partial charge is 0.212 e. The highest BCUT2D eigenvalue weighted by atomic mass is 16.5. The third kappa shape index (κ3) is 1.62. The Labute approximate surface area is 83.1 Å². The van der Waals surface area contributed by atoms with Crippen molar-refractivity contribution in [2.75, 3.05) is 7.11 Å². The Hall–Kier alpha value is -1.38. The predicted octanol–water partition coefficient (Wildman–Crippen LogP) is 1.93. The first-order chi connectivity index (χ1) is 6.81. The van der Waals surface area contributed by atoms with Gasteiger partial charge in [0.25, 0.3) is 0 Å². The standard InChI is InChI=1S/C11H13NO2/c1-14-11-6-5-8(7-12-11)9-3-2-4-10(9)13/h5-7,9H,2-4H2,1H3. The normalized spacial score (nSPS) is 21.2. The van der Waals surface area contributed by atoms with Crippen LogP contribution in [0.4, 0.5) is 0 Å². The Morgan fingerprint density at radius 3 is 2.86 bits per heavy atom. The molecule has 74 valence electrons. The molecule has 1 heterocycles. The van der Waals surface area contributed by atoms with Gasteiger partial charge in [-0.05, 0) is 18.4 Å². The summed E-state index contributed by atoms with van der Waals surface area (Å²) in [5.41, 5.74) is 1.02. The first-order valence-electron chi connectivity index (χ1n) is 4.84. The van der Waals surface area contributed by atoms with Gasteiger partial charge in [0, 0.05) is 24.6 Å². The monoisotopic (exact) mass is 191 g/mol. The van der Waals surface area contributed by atoms with E-state index in [1.165, 1.54) is 0 Å². The molecule has 0 N–H and O–H groups in total. The number of Topliss-reactive ketones (excluding diaryl/α,β-unsaturated/α-hetero) is 1. The lowest BCUT2D eigenvalue weighted by Crippen LogP contribution is -2.04. The van der Waals surface area contributed by atoms with Crippen molar-refractivity contribution in [1.29, 1.82) is 0 Å². The van der Waals surface area contributed by atoms with Gasteiger partial charge in [0.05, 0.1) is 7.11 Å². The maximum atomic E-state index is 11.5. The summed E-state index contributed by atoms with van der Waals surface area (Å²) in [4.78, 5) is 15.6. The van der Waals surface area contributed by atoms with E-state index in [2.05, 4.69) is 4.98 Å². The number of rotatable bonds is 2. The van der Waals surface area contributed by atoms with Crippen LogP contribution in [-0.2, 0) is 4.79 Å². The minimum atomic E-state index is 0.0772. The quantitative estimate of drug-likeness (QED) is 0.717. The Bertz CT molecular complexity index is 332. The molecule has 2 rings (SSSR count). The summed E-state index contributed by atoms with van der Waals surface area (Å²) in [7, 11) is 1.59. The van der Waals surface area contributed by atoms with Crippen LogP contribution in [0.1, 0.15) is 30.7 Å². The summed E-state index contributed by atoms with van der Waals surface area (Å²) in [6.45, 7) is 0. The summed E-state index contributed by atoms with van der Waals surface area (Å²) in [5.74, 6) is 1.02. The van der Waals surface area contributed by atoms with E-state index in [1.54, 1.807) is 19.4 Å². The molecule has 1 aromatic heterocycles. The zero-order valence-corrected chi connectivity index (χ0v) is 8.19. The molecule has 1 fully saturated rings. The number of pyridine rings is 1. The molecule has 0 saturated heterocycles. The topological polar surface area (TPSA) is 39.2 Å². The van der Waals surface area contributed by atoms with Crippen LogP contribution in [0.25, 0.3) is 0 Å². The summed E-state index contributed by atoms with van der Waals surface area (Å²) < 4.78 is 4.96. The van der Waals surface area contributed by atoms with E-state index in [0.717, 1.165) is 24.8 Å². The molecular formula is C11H13NO2. The fourth-order valence-electron chi connectivity index (χ4n) is 1.89. The van der Waals surface area contributed by atoms with E-state index in [-0.39, 0.29) is 5.92 Å². The summed E-state index contributed by atoms with van der Waals surface area (Å²) >= 11 is 0. The van der Waals surface area contributed by atoms with Gasteiger partial charge in [-0.25, -0.2) is 4.98 Å². The van der Waals surface area contributed by atoms with Crippen molar-refractivity contribution in [1.82, 2.24) is 4.98 Å². The van der Waals surface area contributed by atoms with E-state index >= 15 is 0 Å². The van der Waals surface area contributed by atoms with Gasteiger partial charge in [-0.3, -0.25) is 4.79 Å². The first-order valence-corrected chi connectivity index (χ1v) is 4.84. The number of hydrogen-bond donors (Lipinski definition) is 0. The number of hydrogen-bond acceptors (Lipinski definition) is 3. The van der Waals surface area contributed by atoms with E-state index in [1.807, 2.05) is 6.07 Å². The average molecular weight is 191 g/mol. The molecule has 3 nitrogen and oxygen atoms in total. The van der Waals surface area contributed by atoms with Crippen molar-refractivity contribution >= 4 is 5.78 Å². The van der Waals surface area contributed by atoms with Crippen molar-refractivity contribution in [3.63, 3.8) is 0 Å². The van der Waals surface area contributed by atoms with E-state index in [0.29, 0.717) is 11.7 Å². The van der Waals surface area contributed by atoms with E-state index in [4.69, 9.17) is 4.74 Å². The van der Waals surface area contributed by atoms with Gasteiger partial charge in [0.1, 0.15) is 5.78 Å². The third-order valence-electron chi connectivity index (χ3n) is 2.68. The van der Waals surface area contributed by atoms with Crippen molar-refractivity contribution in [2.45, 2.75) is 25.2 Å². The lowest BCUT2D eigenvalue weighted by atomic mass is 9.99. The van der Waals surface area contributed by atoms with Crippen molar-refractivity contribution in [3.05, 3.63) is 23.9 Å². The van der Waals surface area contributed by atoms with Crippen LogP contribution in [0, 0.1) is 0 Å². The van der Waals surface area contributed by atoms with Crippen LogP contribution >= 0.6 is 0 Å². The van der Waals surface area contributed by atoms with E-state index in [9.17, 15) is 4.79 Å². The molecule has 1 aromatic rings. The summed E-state index contributed by atoms with van der Waals surface area (Å²) in [5, 5.41) is 0. The number of aromatic nitrogens is 1. The van der Waals surface area contributed by atoms with Crippen molar-refractivity contribution in [2.24, 2.45) is 0 Å².